The molecule has 6 nitrogen and oxygen atoms in total. The normalized spacial score (nSPS) is 32.4. The minimum Gasteiger partial charge on any atom is -0.481 e. The second-order valence-corrected chi connectivity index (χ2v) is 6.72. The molecule has 1 saturated heterocycles. The van der Waals surface area contributed by atoms with Gasteiger partial charge in [-0.1, -0.05) is 6.92 Å². The largest absolute Gasteiger partial charge is 0.481 e. The number of hydrogen-bond donors (Lipinski definition) is 3. The molecule has 1 amide bonds. The van der Waals surface area contributed by atoms with Gasteiger partial charge in [0, 0.05) is 19.8 Å². The van der Waals surface area contributed by atoms with Crippen molar-refractivity contribution in [1.29, 1.82) is 0 Å². The Balaban J connectivity index is 1.96. The van der Waals surface area contributed by atoms with Crippen molar-refractivity contribution in [3.05, 3.63) is 0 Å². The fourth-order valence-corrected chi connectivity index (χ4v) is 3.17. The lowest BCUT2D eigenvalue weighted by Gasteiger charge is -2.37. The van der Waals surface area contributed by atoms with Gasteiger partial charge in [-0.3, -0.25) is 9.59 Å². The molecule has 1 heterocycles. The summed E-state index contributed by atoms with van der Waals surface area (Å²) >= 11 is 0. The number of ether oxygens (including phenoxy) is 1. The van der Waals surface area contributed by atoms with Gasteiger partial charge in [0.1, 0.15) is 0 Å². The Hall–Kier alpha value is -1.14. The minimum atomic E-state index is -0.917. The van der Waals surface area contributed by atoms with Crippen molar-refractivity contribution in [3.8, 4) is 0 Å². The first kappa shape index (κ1) is 16.2. The quantitative estimate of drug-likeness (QED) is 0.715. The molecule has 0 spiro atoms. The summed E-state index contributed by atoms with van der Waals surface area (Å²) in [5, 5.41) is 12.4. The molecule has 1 aliphatic carbocycles. The van der Waals surface area contributed by atoms with Gasteiger partial charge in [-0.05, 0) is 44.4 Å². The van der Waals surface area contributed by atoms with Gasteiger partial charge in [-0.15, -0.1) is 0 Å². The second kappa shape index (κ2) is 6.32. The van der Waals surface area contributed by atoms with Crippen LogP contribution in [0.1, 0.15) is 45.4 Å². The molecule has 4 N–H and O–H groups in total. The summed E-state index contributed by atoms with van der Waals surface area (Å²) in [5.41, 5.74) is 4.37. The summed E-state index contributed by atoms with van der Waals surface area (Å²) in [6, 6.07) is 0. The summed E-state index contributed by atoms with van der Waals surface area (Å²) < 4.78 is 5.23. The molecule has 1 aliphatic heterocycles. The number of carbonyl (C=O) groups is 2. The number of nitrogens with two attached hydrogens (primary N) is 1. The molecule has 0 aromatic heterocycles. The average Bonchev–Trinajstić information content (AvgIpc) is 2.47. The lowest BCUT2D eigenvalue weighted by Crippen LogP contribution is -2.59. The maximum Gasteiger partial charge on any atom is 0.311 e. The van der Waals surface area contributed by atoms with E-state index in [0.29, 0.717) is 44.8 Å². The summed E-state index contributed by atoms with van der Waals surface area (Å²) in [6.45, 7) is 3.27. The Labute approximate surface area is 125 Å². The van der Waals surface area contributed by atoms with E-state index in [1.165, 1.54) is 0 Å². The highest BCUT2D eigenvalue weighted by Gasteiger charge is 2.43. The first-order chi connectivity index (χ1) is 9.88. The van der Waals surface area contributed by atoms with Crippen LogP contribution in [0, 0.1) is 11.3 Å². The molecule has 0 atom stereocenters. The zero-order chi connectivity index (χ0) is 15.5. The van der Waals surface area contributed by atoms with Gasteiger partial charge in [0.2, 0.25) is 5.91 Å². The molecule has 0 unspecified atom stereocenters. The van der Waals surface area contributed by atoms with Crippen LogP contribution in [-0.2, 0) is 14.3 Å². The zero-order valence-corrected chi connectivity index (χ0v) is 12.7. The molecule has 120 valence electrons. The fourth-order valence-electron chi connectivity index (χ4n) is 3.17. The molecule has 2 aliphatic rings. The first-order valence-electron chi connectivity index (χ1n) is 7.76. The van der Waals surface area contributed by atoms with Crippen LogP contribution in [-0.4, -0.2) is 42.3 Å². The van der Waals surface area contributed by atoms with Crippen molar-refractivity contribution in [3.63, 3.8) is 0 Å². The Kier molecular flexibility index (Phi) is 4.88. The van der Waals surface area contributed by atoms with E-state index in [4.69, 9.17) is 10.5 Å². The van der Waals surface area contributed by atoms with Crippen LogP contribution in [0.2, 0.25) is 0 Å². The van der Waals surface area contributed by atoms with E-state index in [0.717, 1.165) is 12.8 Å². The summed E-state index contributed by atoms with van der Waals surface area (Å²) in [5.74, 6) is -0.498. The van der Waals surface area contributed by atoms with E-state index in [9.17, 15) is 14.7 Å². The monoisotopic (exact) mass is 298 g/mol. The predicted molar refractivity (Wildman–Crippen MR) is 77.7 cm³/mol. The van der Waals surface area contributed by atoms with Crippen molar-refractivity contribution in [1.82, 2.24) is 5.32 Å². The lowest BCUT2D eigenvalue weighted by atomic mass is 9.70. The maximum absolute atomic E-state index is 12.3. The first-order valence-corrected chi connectivity index (χ1v) is 7.76. The number of carboxylic acid groups (broad SMARTS) is 1. The zero-order valence-electron chi connectivity index (χ0n) is 12.7. The standard InChI is InChI=1S/C15H26N2O4/c1-11-2-4-14(5-3-11,13(19)20)10-17-12(18)15(16)6-8-21-9-7-15/h11H,2-10,16H2,1H3,(H,17,18)(H,19,20). The number of nitrogens with one attached hydrogen (secondary N) is 1. The van der Waals surface area contributed by atoms with E-state index in [1.54, 1.807) is 0 Å². The highest BCUT2D eigenvalue weighted by Crippen LogP contribution is 2.38. The molecular weight excluding hydrogens is 272 g/mol. The molecule has 0 aromatic carbocycles. The fraction of sp³-hybridized carbons (Fsp3) is 0.867. The van der Waals surface area contributed by atoms with Gasteiger partial charge in [0.25, 0.3) is 0 Å². The van der Waals surface area contributed by atoms with E-state index < -0.39 is 16.9 Å². The van der Waals surface area contributed by atoms with Gasteiger partial charge in [-0.2, -0.15) is 0 Å². The van der Waals surface area contributed by atoms with Crippen LogP contribution in [0.5, 0.6) is 0 Å². The summed E-state index contributed by atoms with van der Waals surface area (Å²) in [4.78, 5) is 24.0. The third-order valence-corrected chi connectivity index (χ3v) is 5.11. The molecule has 6 heteroatoms. The lowest BCUT2D eigenvalue weighted by molar-refractivity contribution is -0.151. The summed E-state index contributed by atoms with van der Waals surface area (Å²) in [7, 11) is 0. The molecule has 1 saturated carbocycles. The Bertz CT molecular complexity index is 396. The van der Waals surface area contributed by atoms with Crippen LogP contribution in [0.15, 0.2) is 0 Å². The van der Waals surface area contributed by atoms with Crippen molar-refractivity contribution < 1.29 is 19.4 Å². The Morgan fingerprint density at radius 2 is 1.81 bits per heavy atom. The third-order valence-electron chi connectivity index (χ3n) is 5.11. The van der Waals surface area contributed by atoms with Crippen molar-refractivity contribution in [2.24, 2.45) is 17.1 Å². The predicted octanol–water partition coefficient (Wildman–Crippen LogP) is 0.892. The molecule has 0 radical (unpaired) electrons. The maximum atomic E-state index is 12.3. The van der Waals surface area contributed by atoms with E-state index >= 15 is 0 Å². The van der Waals surface area contributed by atoms with Crippen LogP contribution in [0.25, 0.3) is 0 Å². The molecular formula is C15H26N2O4. The van der Waals surface area contributed by atoms with Gasteiger partial charge in [0.05, 0.1) is 11.0 Å². The van der Waals surface area contributed by atoms with Gasteiger partial charge in [0.15, 0.2) is 0 Å². The third kappa shape index (κ3) is 3.55. The van der Waals surface area contributed by atoms with Crippen LogP contribution < -0.4 is 11.1 Å². The molecule has 0 aromatic rings. The van der Waals surface area contributed by atoms with E-state index in [-0.39, 0.29) is 12.5 Å². The number of amides is 1. The molecule has 0 bridgehead atoms. The molecule has 2 rings (SSSR count). The highest BCUT2D eigenvalue weighted by atomic mass is 16.5. The number of carboxylic acids is 1. The van der Waals surface area contributed by atoms with Crippen molar-refractivity contribution in [2.75, 3.05) is 19.8 Å². The van der Waals surface area contributed by atoms with Crippen LogP contribution in [0.4, 0.5) is 0 Å². The van der Waals surface area contributed by atoms with E-state index in [2.05, 4.69) is 12.2 Å². The topological polar surface area (TPSA) is 102 Å². The van der Waals surface area contributed by atoms with E-state index in [1.807, 2.05) is 0 Å². The SMILES string of the molecule is CC1CCC(CNC(=O)C2(N)CCOCC2)(C(=O)O)CC1. The van der Waals surface area contributed by atoms with Gasteiger partial charge >= 0.3 is 5.97 Å². The number of rotatable bonds is 4. The summed E-state index contributed by atoms with van der Waals surface area (Å²) in [6.07, 6.45) is 3.98. The molecule has 2 fully saturated rings. The van der Waals surface area contributed by atoms with Gasteiger partial charge in [-0.25, -0.2) is 0 Å². The van der Waals surface area contributed by atoms with Crippen molar-refractivity contribution in [2.45, 2.75) is 51.0 Å². The Morgan fingerprint density at radius 1 is 1.24 bits per heavy atom. The average molecular weight is 298 g/mol. The van der Waals surface area contributed by atoms with Crippen molar-refractivity contribution >= 4 is 11.9 Å². The number of carbonyl (C=O) groups excluding carboxylic acids is 1. The highest BCUT2D eigenvalue weighted by molar-refractivity contribution is 5.87. The second-order valence-electron chi connectivity index (χ2n) is 6.72. The Morgan fingerprint density at radius 3 is 2.33 bits per heavy atom. The number of hydrogen-bond acceptors (Lipinski definition) is 4. The van der Waals surface area contributed by atoms with Crippen LogP contribution >= 0.6 is 0 Å². The molecule has 21 heavy (non-hydrogen) atoms. The number of aliphatic carboxylic acids is 1. The smallest absolute Gasteiger partial charge is 0.311 e. The van der Waals surface area contributed by atoms with Crippen LogP contribution in [0.3, 0.4) is 0 Å². The minimum absolute atomic E-state index is 0.174. The van der Waals surface area contributed by atoms with Gasteiger partial charge < -0.3 is 20.9 Å².